The SMILES string of the molecule is COc1cc(NC(=O)c2cc(-c3ccccc3)nc3c2c(C)nn3C)c(OC)cc1Cl. The third kappa shape index (κ3) is 3.80. The molecule has 0 saturated carbocycles. The van der Waals surface area contributed by atoms with Crippen molar-refractivity contribution in [3.63, 3.8) is 0 Å². The summed E-state index contributed by atoms with van der Waals surface area (Å²) in [6.07, 6.45) is 0. The minimum Gasteiger partial charge on any atom is -0.495 e. The monoisotopic (exact) mass is 436 g/mol. The number of fused-ring (bicyclic) bond motifs is 1. The molecule has 1 amide bonds. The second kappa shape index (κ2) is 8.28. The van der Waals surface area contributed by atoms with Crippen molar-refractivity contribution in [3.8, 4) is 22.8 Å². The molecule has 0 atom stereocenters. The lowest BCUT2D eigenvalue weighted by Crippen LogP contribution is -2.14. The molecule has 0 aliphatic carbocycles. The highest BCUT2D eigenvalue weighted by Crippen LogP contribution is 2.36. The summed E-state index contributed by atoms with van der Waals surface area (Å²) in [7, 11) is 4.83. The topological polar surface area (TPSA) is 78.3 Å². The summed E-state index contributed by atoms with van der Waals surface area (Å²) < 4.78 is 12.3. The molecule has 0 bridgehead atoms. The Morgan fingerprint density at radius 2 is 1.77 bits per heavy atom. The van der Waals surface area contributed by atoms with Crippen LogP contribution >= 0.6 is 11.6 Å². The summed E-state index contributed by atoms with van der Waals surface area (Å²) in [5.41, 5.74) is 3.84. The van der Waals surface area contributed by atoms with E-state index in [0.29, 0.717) is 44.5 Å². The average Bonchev–Trinajstić information content (AvgIpc) is 3.08. The van der Waals surface area contributed by atoms with E-state index in [1.54, 1.807) is 22.9 Å². The van der Waals surface area contributed by atoms with E-state index in [2.05, 4.69) is 10.4 Å². The molecule has 1 N–H and O–H groups in total. The maximum atomic E-state index is 13.4. The van der Waals surface area contributed by atoms with Gasteiger partial charge in [0.1, 0.15) is 11.5 Å². The van der Waals surface area contributed by atoms with Crippen molar-refractivity contribution < 1.29 is 14.3 Å². The van der Waals surface area contributed by atoms with E-state index >= 15 is 0 Å². The zero-order chi connectivity index (χ0) is 22.1. The molecule has 0 unspecified atom stereocenters. The lowest BCUT2D eigenvalue weighted by atomic mass is 10.0. The molecule has 7 nitrogen and oxygen atoms in total. The van der Waals surface area contributed by atoms with Crippen LogP contribution in [-0.4, -0.2) is 34.9 Å². The number of anilines is 1. The molecular formula is C23H21ClN4O3. The zero-order valence-electron chi connectivity index (χ0n) is 17.6. The molecule has 2 heterocycles. The average molecular weight is 437 g/mol. The van der Waals surface area contributed by atoms with Crippen LogP contribution < -0.4 is 14.8 Å². The number of pyridine rings is 1. The van der Waals surface area contributed by atoms with Crippen molar-refractivity contribution in [1.29, 1.82) is 0 Å². The number of hydrogen-bond donors (Lipinski definition) is 1. The molecule has 4 rings (SSSR count). The van der Waals surface area contributed by atoms with Gasteiger partial charge in [-0.05, 0) is 13.0 Å². The Bertz CT molecular complexity index is 1290. The van der Waals surface area contributed by atoms with Gasteiger partial charge in [0.15, 0.2) is 5.65 Å². The van der Waals surface area contributed by atoms with Crippen LogP contribution in [0.25, 0.3) is 22.3 Å². The Morgan fingerprint density at radius 3 is 2.45 bits per heavy atom. The summed E-state index contributed by atoms with van der Waals surface area (Å²) in [5.74, 6) is 0.541. The Morgan fingerprint density at radius 1 is 1.06 bits per heavy atom. The fourth-order valence-electron chi connectivity index (χ4n) is 3.53. The zero-order valence-corrected chi connectivity index (χ0v) is 18.3. The van der Waals surface area contributed by atoms with E-state index in [1.165, 1.54) is 14.2 Å². The number of nitrogens with zero attached hydrogens (tertiary/aromatic N) is 3. The number of rotatable bonds is 5. The van der Waals surface area contributed by atoms with Crippen LogP contribution in [0.4, 0.5) is 5.69 Å². The van der Waals surface area contributed by atoms with Crippen molar-refractivity contribution in [3.05, 3.63) is 64.8 Å². The minimum absolute atomic E-state index is 0.316. The van der Waals surface area contributed by atoms with Gasteiger partial charge in [0.25, 0.3) is 5.91 Å². The molecule has 0 radical (unpaired) electrons. The number of carbonyl (C=O) groups is 1. The van der Waals surface area contributed by atoms with Gasteiger partial charge in [-0.15, -0.1) is 0 Å². The molecule has 0 fully saturated rings. The summed E-state index contributed by atoms with van der Waals surface area (Å²) >= 11 is 6.19. The van der Waals surface area contributed by atoms with Crippen LogP contribution in [0.5, 0.6) is 11.5 Å². The summed E-state index contributed by atoms with van der Waals surface area (Å²) in [6, 6.07) is 14.7. The number of halogens is 1. The number of nitrogens with one attached hydrogen (secondary N) is 1. The van der Waals surface area contributed by atoms with Crippen LogP contribution in [0.15, 0.2) is 48.5 Å². The van der Waals surface area contributed by atoms with E-state index in [4.69, 9.17) is 26.1 Å². The van der Waals surface area contributed by atoms with Gasteiger partial charge >= 0.3 is 0 Å². The number of aryl methyl sites for hydroxylation is 2. The predicted octanol–water partition coefficient (Wildman–Crippen LogP) is 4.87. The van der Waals surface area contributed by atoms with Crippen LogP contribution in [0, 0.1) is 6.92 Å². The molecule has 158 valence electrons. The molecule has 0 spiro atoms. The smallest absolute Gasteiger partial charge is 0.256 e. The molecule has 2 aromatic carbocycles. The second-order valence-corrected chi connectivity index (χ2v) is 7.38. The normalized spacial score (nSPS) is 10.9. The van der Waals surface area contributed by atoms with E-state index in [0.717, 1.165) is 11.3 Å². The highest BCUT2D eigenvalue weighted by molar-refractivity contribution is 6.32. The fourth-order valence-corrected chi connectivity index (χ4v) is 3.76. The molecule has 8 heteroatoms. The lowest BCUT2D eigenvalue weighted by Gasteiger charge is -2.14. The van der Waals surface area contributed by atoms with Gasteiger partial charge in [-0.25, -0.2) is 4.98 Å². The number of benzene rings is 2. The number of methoxy groups -OCH3 is 2. The van der Waals surface area contributed by atoms with E-state index in [1.807, 2.05) is 44.3 Å². The Labute approximate surface area is 184 Å². The first-order valence-corrected chi connectivity index (χ1v) is 9.93. The molecule has 2 aromatic heterocycles. The third-order valence-corrected chi connectivity index (χ3v) is 5.30. The largest absolute Gasteiger partial charge is 0.495 e. The fraction of sp³-hybridized carbons (Fsp3) is 0.174. The van der Waals surface area contributed by atoms with Crippen molar-refractivity contribution in [1.82, 2.24) is 14.8 Å². The van der Waals surface area contributed by atoms with Gasteiger partial charge in [-0.1, -0.05) is 41.9 Å². The maximum absolute atomic E-state index is 13.4. The van der Waals surface area contributed by atoms with Gasteiger partial charge in [0.05, 0.1) is 47.3 Å². The molecule has 31 heavy (non-hydrogen) atoms. The summed E-state index contributed by atoms with van der Waals surface area (Å²) in [5, 5.41) is 8.46. The minimum atomic E-state index is -0.316. The number of aromatic nitrogens is 3. The van der Waals surface area contributed by atoms with Crippen LogP contribution in [0.2, 0.25) is 5.02 Å². The standard InChI is InChI=1S/C23H21ClN4O3/c1-13-21-15(23(29)26-18-12-19(30-3)16(24)11-20(18)31-4)10-17(14-8-6-5-7-9-14)25-22(21)28(2)27-13/h5-12H,1-4H3,(H,26,29). The first-order valence-electron chi connectivity index (χ1n) is 9.55. The first-order chi connectivity index (χ1) is 14.9. The van der Waals surface area contributed by atoms with Crippen LogP contribution in [0.1, 0.15) is 16.1 Å². The van der Waals surface area contributed by atoms with E-state index in [-0.39, 0.29) is 5.91 Å². The highest BCUT2D eigenvalue weighted by Gasteiger charge is 2.21. The Hall–Kier alpha value is -3.58. The van der Waals surface area contributed by atoms with Gasteiger partial charge in [0.2, 0.25) is 0 Å². The Balaban J connectivity index is 1.85. The number of ether oxygens (including phenoxy) is 2. The summed E-state index contributed by atoms with van der Waals surface area (Å²) in [4.78, 5) is 18.2. The van der Waals surface area contributed by atoms with Gasteiger partial charge in [-0.3, -0.25) is 9.48 Å². The maximum Gasteiger partial charge on any atom is 0.256 e. The molecule has 0 aliphatic heterocycles. The van der Waals surface area contributed by atoms with Gasteiger partial charge in [-0.2, -0.15) is 5.10 Å². The van der Waals surface area contributed by atoms with Crippen molar-refractivity contribution >= 4 is 34.2 Å². The number of carbonyl (C=O) groups excluding carboxylic acids is 1. The predicted molar refractivity (Wildman–Crippen MR) is 121 cm³/mol. The van der Waals surface area contributed by atoms with Crippen LogP contribution in [0.3, 0.4) is 0 Å². The van der Waals surface area contributed by atoms with Crippen LogP contribution in [-0.2, 0) is 7.05 Å². The molecular weight excluding hydrogens is 416 g/mol. The molecule has 0 saturated heterocycles. The van der Waals surface area contributed by atoms with Crippen molar-refractivity contribution in [2.24, 2.45) is 7.05 Å². The van der Waals surface area contributed by atoms with E-state index in [9.17, 15) is 4.79 Å². The second-order valence-electron chi connectivity index (χ2n) is 6.97. The van der Waals surface area contributed by atoms with Crippen molar-refractivity contribution in [2.45, 2.75) is 6.92 Å². The quantitative estimate of drug-likeness (QED) is 0.483. The highest BCUT2D eigenvalue weighted by atomic mass is 35.5. The van der Waals surface area contributed by atoms with Gasteiger partial charge in [0, 0.05) is 24.7 Å². The van der Waals surface area contributed by atoms with Gasteiger partial charge < -0.3 is 14.8 Å². The molecule has 0 aliphatic rings. The first kappa shape index (κ1) is 20.7. The van der Waals surface area contributed by atoms with E-state index < -0.39 is 0 Å². The number of amides is 1. The number of hydrogen-bond acceptors (Lipinski definition) is 5. The Kier molecular flexibility index (Phi) is 5.52. The summed E-state index contributed by atoms with van der Waals surface area (Å²) in [6.45, 7) is 1.86. The van der Waals surface area contributed by atoms with Crippen molar-refractivity contribution in [2.75, 3.05) is 19.5 Å². The molecule has 4 aromatic rings. The third-order valence-electron chi connectivity index (χ3n) is 5.00. The lowest BCUT2D eigenvalue weighted by molar-refractivity contribution is 0.102.